The number of hydrogen-bond acceptors (Lipinski definition) is 4. The zero-order valence-electron chi connectivity index (χ0n) is 20.6. The van der Waals surface area contributed by atoms with Gasteiger partial charge in [-0.15, -0.1) is 0 Å². The molecular weight excluding hydrogens is 425 g/mol. The van der Waals surface area contributed by atoms with Crippen LogP contribution >= 0.6 is 0 Å². The molecule has 2 aliphatic rings. The van der Waals surface area contributed by atoms with Crippen molar-refractivity contribution in [2.75, 3.05) is 26.7 Å². The molecule has 2 aromatic heterocycles. The van der Waals surface area contributed by atoms with E-state index >= 15 is 4.39 Å². The van der Waals surface area contributed by atoms with E-state index in [-0.39, 0.29) is 12.7 Å². The number of likely N-dealkylation sites (N-methyl/N-ethyl adjacent to an activating group) is 1. The molecule has 34 heavy (non-hydrogen) atoms. The summed E-state index contributed by atoms with van der Waals surface area (Å²) in [6.45, 7) is 15.3. The molecule has 1 aromatic carbocycles. The van der Waals surface area contributed by atoms with Gasteiger partial charge in [-0.1, -0.05) is 26.5 Å². The van der Waals surface area contributed by atoms with Gasteiger partial charge in [-0.25, -0.2) is 9.37 Å². The van der Waals surface area contributed by atoms with Crippen LogP contribution in [-0.4, -0.2) is 47.3 Å². The lowest BCUT2D eigenvalue weighted by atomic mass is 9.71. The van der Waals surface area contributed by atoms with Gasteiger partial charge in [-0.3, -0.25) is 9.89 Å². The summed E-state index contributed by atoms with van der Waals surface area (Å²) in [5.74, 6) is 0.0179. The summed E-state index contributed by atoms with van der Waals surface area (Å²) in [4.78, 5) is 14.8. The Balaban J connectivity index is 0.00000289. The van der Waals surface area contributed by atoms with Gasteiger partial charge in [0.15, 0.2) is 0 Å². The summed E-state index contributed by atoms with van der Waals surface area (Å²) in [5, 5.41) is 4.48. The molecule has 1 atom stereocenters. The van der Waals surface area contributed by atoms with Crippen molar-refractivity contribution in [2.24, 2.45) is 10.9 Å². The first-order valence-electron chi connectivity index (χ1n) is 11.9. The Bertz CT molecular complexity index is 1370. The van der Waals surface area contributed by atoms with Crippen molar-refractivity contribution in [3.63, 3.8) is 0 Å². The molecule has 0 bridgehead atoms. The van der Waals surface area contributed by atoms with E-state index in [0.29, 0.717) is 11.6 Å². The lowest BCUT2D eigenvalue weighted by Crippen LogP contribution is -2.40. The Kier molecular flexibility index (Phi) is 5.44. The highest BCUT2D eigenvalue weighted by atomic mass is 19.1. The molecule has 5 rings (SSSR count). The highest BCUT2D eigenvalue weighted by Gasteiger charge is 2.41. The summed E-state index contributed by atoms with van der Waals surface area (Å²) >= 11 is 0. The lowest BCUT2D eigenvalue weighted by molar-refractivity contribution is 0.324. The monoisotopic (exact) mass is 459 g/mol. The average Bonchev–Trinajstić information content (AvgIpc) is 3.34. The molecule has 1 fully saturated rings. The fraction of sp³-hybridized carbons (Fsp3) is 0.357. The number of aromatic nitrogens is 2. The zero-order chi connectivity index (χ0) is 24.2. The lowest BCUT2D eigenvalue weighted by Gasteiger charge is -2.31. The first kappa shape index (κ1) is 22.5. The van der Waals surface area contributed by atoms with Crippen molar-refractivity contribution >= 4 is 28.0 Å². The molecule has 178 valence electrons. The van der Waals surface area contributed by atoms with Crippen molar-refractivity contribution in [3.05, 3.63) is 65.9 Å². The van der Waals surface area contributed by atoms with Gasteiger partial charge in [0.05, 0.1) is 0 Å². The van der Waals surface area contributed by atoms with Crippen LogP contribution in [0.15, 0.2) is 53.9 Å². The van der Waals surface area contributed by atoms with Gasteiger partial charge in [0, 0.05) is 72.4 Å². The summed E-state index contributed by atoms with van der Waals surface area (Å²) in [7, 11) is 2.12. The van der Waals surface area contributed by atoms with E-state index in [1.807, 2.05) is 25.4 Å². The third kappa shape index (κ3) is 3.40. The number of halogens is 1. The molecule has 1 saturated heterocycles. The number of H-pyrrole nitrogens is 1. The van der Waals surface area contributed by atoms with E-state index in [0.717, 1.165) is 69.9 Å². The fourth-order valence-corrected chi connectivity index (χ4v) is 5.26. The standard InChI is InChI=1S/C28H32FN5.H2/c1-7-20(25-15-34(6)9-8-30-25)19-10-21-22(14-32-27(21)31-13-19)18-11-23-26(24(29)12-18)33-17(4)28(23,5)16(2)3;/h7,10-14,16,30H,1,8-9,15H2,2-6H3,(H,31,32);1H/b25-20+;. The number of pyridine rings is 1. The Hall–Kier alpha value is -3.25. The largest absolute Gasteiger partial charge is 0.386 e. The topological polar surface area (TPSA) is 56.3 Å². The van der Waals surface area contributed by atoms with Crippen LogP contribution in [0.3, 0.4) is 0 Å². The molecule has 0 saturated carbocycles. The predicted octanol–water partition coefficient (Wildman–Crippen LogP) is 6.07. The molecule has 6 heteroatoms. The van der Waals surface area contributed by atoms with Gasteiger partial charge in [-0.05, 0) is 56.1 Å². The van der Waals surface area contributed by atoms with Crippen LogP contribution in [0.2, 0.25) is 0 Å². The Labute approximate surface area is 202 Å². The highest BCUT2D eigenvalue weighted by Crippen LogP contribution is 2.48. The zero-order valence-corrected chi connectivity index (χ0v) is 20.6. The molecule has 0 aliphatic carbocycles. The van der Waals surface area contributed by atoms with Crippen molar-refractivity contribution in [1.29, 1.82) is 0 Å². The van der Waals surface area contributed by atoms with Crippen LogP contribution in [0.1, 0.15) is 40.2 Å². The van der Waals surface area contributed by atoms with Gasteiger partial charge in [0.2, 0.25) is 0 Å². The Morgan fingerprint density at radius 3 is 2.82 bits per heavy atom. The number of hydrogen-bond donors (Lipinski definition) is 2. The molecule has 5 nitrogen and oxygen atoms in total. The van der Waals surface area contributed by atoms with Crippen LogP contribution in [-0.2, 0) is 5.41 Å². The van der Waals surface area contributed by atoms with Crippen molar-refractivity contribution < 1.29 is 5.82 Å². The van der Waals surface area contributed by atoms with Crippen LogP contribution in [0, 0.1) is 11.7 Å². The molecular formula is C28H34FN5. The molecule has 0 spiro atoms. The van der Waals surface area contributed by atoms with Crippen LogP contribution < -0.4 is 5.32 Å². The van der Waals surface area contributed by atoms with Crippen molar-refractivity contribution in [1.82, 2.24) is 20.2 Å². The fourth-order valence-electron chi connectivity index (χ4n) is 5.26. The molecule has 1 unspecified atom stereocenters. The second kappa shape index (κ2) is 8.20. The summed E-state index contributed by atoms with van der Waals surface area (Å²) < 4.78 is 15.3. The number of nitrogens with one attached hydrogen (secondary N) is 2. The minimum Gasteiger partial charge on any atom is -0.386 e. The first-order chi connectivity index (χ1) is 16.2. The molecule has 0 radical (unpaired) electrons. The predicted molar refractivity (Wildman–Crippen MR) is 141 cm³/mol. The molecule has 3 aromatic rings. The third-order valence-corrected chi connectivity index (χ3v) is 7.75. The molecule has 0 amide bonds. The van der Waals surface area contributed by atoms with Gasteiger partial charge in [-0.2, -0.15) is 0 Å². The summed E-state index contributed by atoms with van der Waals surface area (Å²) in [5.41, 5.74) is 7.83. The van der Waals surface area contributed by atoms with Crippen molar-refractivity contribution in [3.8, 4) is 11.1 Å². The van der Waals surface area contributed by atoms with E-state index in [1.54, 1.807) is 6.07 Å². The van der Waals surface area contributed by atoms with Crippen molar-refractivity contribution in [2.45, 2.75) is 33.1 Å². The Morgan fingerprint density at radius 2 is 2.12 bits per heavy atom. The normalized spacial score (nSPS) is 22.0. The summed E-state index contributed by atoms with van der Waals surface area (Å²) in [6, 6.07) is 5.84. The van der Waals surface area contributed by atoms with E-state index in [4.69, 9.17) is 0 Å². The number of allylic oxidation sites excluding steroid dienone is 2. The third-order valence-electron chi connectivity index (χ3n) is 7.75. The number of nitrogens with zero attached hydrogens (tertiary/aromatic N) is 3. The first-order valence-corrected chi connectivity index (χ1v) is 11.9. The highest BCUT2D eigenvalue weighted by molar-refractivity contribution is 6.02. The molecule has 4 heterocycles. The van der Waals surface area contributed by atoms with E-state index in [9.17, 15) is 0 Å². The number of rotatable bonds is 4. The second-order valence-electron chi connectivity index (χ2n) is 9.99. The van der Waals surface area contributed by atoms with Gasteiger partial charge >= 0.3 is 0 Å². The SMILES string of the molecule is C=C/C(=C1/CN(C)CCN1)c1cnc2[nH]cc(-c3cc(F)c4c(c3)C(C)(C(C)C)C(C)=N4)c2c1.[HH]. The smallest absolute Gasteiger partial charge is 0.149 e. The number of fused-ring (bicyclic) bond motifs is 2. The van der Waals surface area contributed by atoms with Gasteiger partial charge < -0.3 is 10.3 Å². The minimum atomic E-state index is -0.291. The maximum absolute atomic E-state index is 15.3. The summed E-state index contributed by atoms with van der Waals surface area (Å²) in [6.07, 6.45) is 5.69. The van der Waals surface area contributed by atoms with E-state index < -0.39 is 0 Å². The van der Waals surface area contributed by atoms with Crippen LogP contribution in [0.25, 0.3) is 27.7 Å². The minimum absolute atomic E-state index is 0. The Morgan fingerprint density at radius 1 is 1.32 bits per heavy atom. The number of benzene rings is 1. The number of aliphatic imine (C=N–C) groups is 1. The average molecular weight is 460 g/mol. The van der Waals surface area contributed by atoms with Gasteiger partial charge in [0.1, 0.15) is 17.2 Å². The quantitative estimate of drug-likeness (QED) is 0.498. The maximum Gasteiger partial charge on any atom is 0.149 e. The second-order valence-corrected chi connectivity index (χ2v) is 9.99. The van der Waals surface area contributed by atoms with Crippen LogP contribution in [0.5, 0.6) is 0 Å². The van der Waals surface area contributed by atoms with E-state index in [1.165, 1.54) is 0 Å². The maximum atomic E-state index is 15.3. The molecule has 2 aliphatic heterocycles. The van der Waals surface area contributed by atoms with Crippen LogP contribution in [0.4, 0.5) is 10.1 Å². The molecule has 2 N–H and O–H groups in total. The number of aromatic amines is 1. The van der Waals surface area contributed by atoms with Gasteiger partial charge in [0.25, 0.3) is 0 Å². The number of piperazine rings is 1. The van der Waals surface area contributed by atoms with E-state index in [2.05, 4.69) is 71.7 Å².